The summed E-state index contributed by atoms with van der Waals surface area (Å²) in [5.74, 6) is 0. The minimum absolute atomic E-state index is 0.499. The van der Waals surface area contributed by atoms with E-state index in [1.807, 2.05) is 0 Å². The number of fused-ring (bicyclic) bond motifs is 1. The van der Waals surface area contributed by atoms with Crippen LogP contribution in [-0.2, 0) is 0 Å². The van der Waals surface area contributed by atoms with Crippen molar-refractivity contribution in [3.05, 3.63) is 0 Å². The summed E-state index contributed by atoms with van der Waals surface area (Å²) in [6.07, 6.45) is 2.95. The van der Waals surface area contributed by atoms with Crippen molar-refractivity contribution >= 4 is 6.09 Å². The SMILES string of the molecule is O=C(O)N1CCN2CCCC[C@@H]2C1. The molecule has 0 aromatic heterocycles. The summed E-state index contributed by atoms with van der Waals surface area (Å²) in [6.45, 7) is 3.50. The van der Waals surface area contributed by atoms with Gasteiger partial charge in [-0.05, 0) is 19.4 Å². The molecule has 2 heterocycles. The van der Waals surface area contributed by atoms with Gasteiger partial charge in [-0.15, -0.1) is 0 Å². The highest BCUT2D eigenvalue weighted by Crippen LogP contribution is 2.20. The molecule has 2 saturated heterocycles. The van der Waals surface area contributed by atoms with Crippen LogP contribution in [0.15, 0.2) is 0 Å². The Balaban J connectivity index is 1.95. The molecule has 0 aromatic rings. The molecule has 0 spiro atoms. The Morgan fingerprint density at radius 2 is 2.08 bits per heavy atom. The molecule has 2 aliphatic rings. The summed E-state index contributed by atoms with van der Waals surface area (Å²) < 4.78 is 0. The van der Waals surface area contributed by atoms with Crippen molar-refractivity contribution in [2.75, 3.05) is 26.2 Å². The van der Waals surface area contributed by atoms with E-state index in [4.69, 9.17) is 5.11 Å². The molecule has 13 heavy (non-hydrogen) atoms. The Morgan fingerprint density at radius 3 is 2.85 bits per heavy atom. The standard InChI is InChI=1S/C9H16N2O2/c12-9(13)11-6-5-10-4-2-1-3-8(10)7-11/h8H,1-7H2,(H,12,13)/t8-/m1/s1. The third-order valence-electron chi connectivity index (χ3n) is 3.11. The second-order valence-corrected chi connectivity index (χ2v) is 3.91. The van der Waals surface area contributed by atoms with Gasteiger partial charge in [-0.3, -0.25) is 4.90 Å². The number of carboxylic acid groups (broad SMARTS) is 1. The lowest BCUT2D eigenvalue weighted by Crippen LogP contribution is -2.55. The van der Waals surface area contributed by atoms with Gasteiger partial charge in [-0.25, -0.2) is 4.79 Å². The number of amides is 1. The van der Waals surface area contributed by atoms with Crippen molar-refractivity contribution in [1.82, 2.24) is 9.80 Å². The van der Waals surface area contributed by atoms with Gasteiger partial charge in [-0.2, -0.15) is 0 Å². The molecular weight excluding hydrogens is 168 g/mol. The minimum Gasteiger partial charge on any atom is -0.465 e. The van der Waals surface area contributed by atoms with E-state index in [1.54, 1.807) is 4.90 Å². The Labute approximate surface area is 78.1 Å². The number of piperazine rings is 1. The average Bonchev–Trinajstić information content (AvgIpc) is 2.17. The van der Waals surface area contributed by atoms with Crippen molar-refractivity contribution in [1.29, 1.82) is 0 Å². The summed E-state index contributed by atoms with van der Waals surface area (Å²) >= 11 is 0. The molecule has 0 aliphatic carbocycles. The number of carbonyl (C=O) groups is 1. The smallest absolute Gasteiger partial charge is 0.407 e. The fraction of sp³-hybridized carbons (Fsp3) is 0.889. The fourth-order valence-electron chi connectivity index (χ4n) is 2.33. The number of hydrogen-bond donors (Lipinski definition) is 1. The minimum atomic E-state index is -0.759. The molecule has 74 valence electrons. The van der Waals surface area contributed by atoms with Crippen molar-refractivity contribution in [2.24, 2.45) is 0 Å². The van der Waals surface area contributed by atoms with Crippen LogP contribution in [0.3, 0.4) is 0 Å². The first-order valence-electron chi connectivity index (χ1n) is 4.99. The summed E-state index contributed by atoms with van der Waals surface area (Å²) in [7, 11) is 0. The summed E-state index contributed by atoms with van der Waals surface area (Å²) in [5, 5.41) is 8.84. The van der Waals surface area contributed by atoms with Crippen LogP contribution in [0.5, 0.6) is 0 Å². The topological polar surface area (TPSA) is 43.8 Å². The highest BCUT2D eigenvalue weighted by atomic mass is 16.4. The maximum atomic E-state index is 10.7. The second-order valence-electron chi connectivity index (χ2n) is 3.91. The zero-order valence-electron chi connectivity index (χ0n) is 7.78. The van der Waals surface area contributed by atoms with Crippen LogP contribution in [0.2, 0.25) is 0 Å². The lowest BCUT2D eigenvalue weighted by molar-refractivity contribution is 0.0491. The molecule has 0 radical (unpaired) electrons. The van der Waals surface area contributed by atoms with Gasteiger partial charge in [0.2, 0.25) is 0 Å². The summed E-state index contributed by atoms with van der Waals surface area (Å²) in [4.78, 5) is 14.7. The average molecular weight is 184 g/mol. The first-order chi connectivity index (χ1) is 6.27. The summed E-state index contributed by atoms with van der Waals surface area (Å²) in [5.41, 5.74) is 0. The molecule has 2 aliphatic heterocycles. The zero-order valence-corrected chi connectivity index (χ0v) is 7.78. The van der Waals surface area contributed by atoms with Crippen LogP contribution in [-0.4, -0.2) is 53.2 Å². The van der Waals surface area contributed by atoms with Crippen LogP contribution >= 0.6 is 0 Å². The Bertz CT molecular complexity index is 208. The molecule has 2 fully saturated rings. The van der Waals surface area contributed by atoms with Crippen LogP contribution in [0.25, 0.3) is 0 Å². The highest BCUT2D eigenvalue weighted by Gasteiger charge is 2.30. The molecule has 0 aromatic carbocycles. The van der Waals surface area contributed by atoms with E-state index < -0.39 is 6.09 Å². The van der Waals surface area contributed by atoms with Gasteiger partial charge >= 0.3 is 6.09 Å². The molecule has 1 amide bonds. The second kappa shape index (κ2) is 3.54. The van der Waals surface area contributed by atoms with E-state index in [1.165, 1.54) is 19.3 Å². The summed E-state index contributed by atoms with van der Waals surface area (Å²) in [6, 6.07) is 0.499. The lowest BCUT2D eigenvalue weighted by atomic mass is 10.00. The van der Waals surface area contributed by atoms with E-state index in [0.717, 1.165) is 19.6 Å². The number of nitrogens with zero attached hydrogens (tertiary/aromatic N) is 2. The Morgan fingerprint density at radius 1 is 1.23 bits per heavy atom. The third-order valence-corrected chi connectivity index (χ3v) is 3.11. The Hall–Kier alpha value is -0.770. The first-order valence-corrected chi connectivity index (χ1v) is 4.99. The zero-order chi connectivity index (χ0) is 9.26. The van der Waals surface area contributed by atoms with E-state index >= 15 is 0 Å². The normalized spacial score (nSPS) is 29.8. The number of piperidine rings is 1. The van der Waals surface area contributed by atoms with Crippen molar-refractivity contribution < 1.29 is 9.90 Å². The van der Waals surface area contributed by atoms with Crippen LogP contribution < -0.4 is 0 Å². The molecule has 1 atom stereocenters. The molecular formula is C9H16N2O2. The predicted molar refractivity (Wildman–Crippen MR) is 48.8 cm³/mol. The number of hydrogen-bond acceptors (Lipinski definition) is 2. The van der Waals surface area contributed by atoms with Crippen LogP contribution in [0.4, 0.5) is 4.79 Å². The van der Waals surface area contributed by atoms with Gasteiger partial charge in [0.15, 0.2) is 0 Å². The highest BCUT2D eigenvalue weighted by molar-refractivity contribution is 5.65. The maximum absolute atomic E-state index is 10.7. The van der Waals surface area contributed by atoms with Crippen LogP contribution in [0.1, 0.15) is 19.3 Å². The molecule has 4 heteroatoms. The molecule has 1 N–H and O–H groups in total. The van der Waals surface area contributed by atoms with Crippen LogP contribution in [0, 0.1) is 0 Å². The van der Waals surface area contributed by atoms with Gasteiger partial charge in [0.25, 0.3) is 0 Å². The van der Waals surface area contributed by atoms with Crippen molar-refractivity contribution in [3.8, 4) is 0 Å². The monoisotopic (exact) mass is 184 g/mol. The fourth-order valence-corrected chi connectivity index (χ4v) is 2.33. The van der Waals surface area contributed by atoms with E-state index in [9.17, 15) is 4.79 Å². The lowest BCUT2D eigenvalue weighted by Gasteiger charge is -2.42. The van der Waals surface area contributed by atoms with Crippen molar-refractivity contribution in [3.63, 3.8) is 0 Å². The van der Waals surface area contributed by atoms with Gasteiger partial charge < -0.3 is 10.0 Å². The van der Waals surface area contributed by atoms with E-state index in [0.29, 0.717) is 12.6 Å². The number of rotatable bonds is 0. The van der Waals surface area contributed by atoms with Gasteiger partial charge in [0, 0.05) is 25.7 Å². The quantitative estimate of drug-likeness (QED) is 0.606. The maximum Gasteiger partial charge on any atom is 0.407 e. The van der Waals surface area contributed by atoms with E-state index in [-0.39, 0.29) is 0 Å². The molecule has 4 nitrogen and oxygen atoms in total. The van der Waals surface area contributed by atoms with Crippen molar-refractivity contribution in [2.45, 2.75) is 25.3 Å². The van der Waals surface area contributed by atoms with E-state index in [2.05, 4.69) is 4.90 Å². The molecule has 0 saturated carbocycles. The molecule has 0 bridgehead atoms. The van der Waals surface area contributed by atoms with Gasteiger partial charge in [-0.1, -0.05) is 6.42 Å². The third kappa shape index (κ3) is 1.77. The predicted octanol–water partition coefficient (Wildman–Crippen LogP) is 0.835. The molecule has 2 rings (SSSR count). The Kier molecular flexibility index (Phi) is 2.40. The van der Waals surface area contributed by atoms with Gasteiger partial charge in [0.05, 0.1) is 0 Å². The van der Waals surface area contributed by atoms with Gasteiger partial charge in [0.1, 0.15) is 0 Å². The molecule has 0 unspecified atom stereocenters. The first kappa shape index (κ1) is 8.81. The largest absolute Gasteiger partial charge is 0.465 e.